The molecule has 2 saturated carbocycles. The summed E-state index contributed by atoms with van der Waals surface area (Å²) >= 11 is 0. The van der Waals surface area contributed by atoms with Gasteiger partial charge in [-0.3, -0.25) is 0 Å². The molecule has 2 aliphatic rings. The second-order valence-corrected chi connectivity index (χ2v) is 7.57. The number of hydrogen-bond acceptors (Lipinski definition) is 3. The van der Waals surface area contributed by atoms with Gasteiger partial charge in [0.15, 0.2) is 0 Å². The molecule has 0 aromatic rings. The highest BCUT2D eigenvalue weighted by Crippen LogP contribution is 2.74. The van der Waals surface area contributed by atoms with E-state index >= 15 is 0 Å². The van der Waals surface area contributed by atoms with Gasteiger partial charge < -0.3 is 9.84 Å². The molecule has 23 heavy (non-hydrogen) atoms. The monoisotopic (exact) mass is 322 g/mol. The van der Waals surface area contributed by atoms with Gasteiger partial charge in [-0.2, -0.15) is 0 Å². The molecule has 3 atom stereocenters. The van der Waals surface area contributed by atoms with E-state index in [9.17, 15) is 9.59 Å². The first kappa shape index (κ1) is 19.5. The van der Waals surface area contributed by atoms with E-state index < -0.39 is 5.97 Å². The van der Waals surface area contributed by atoms with Gasteiger partial charge in [0.25, 0.3) is 0 Å². The van der Waals surface area contributed by atoms with Crippen LogP contribution in [0.5, 0.6) is 0 Å². The molecule has 0 radical (unpaired) electrons. The van der Waals surface area contributed by atoms with Crippen molar-refractivity contribution in [3.63, 3.8) is 0 Å². The number of carbonyl (C=O) groups is 2. The molecule has 4 nitrogen and oxygen atoms in total. The van der Waals surface area contributed by atoms with Crippen molar-refractivity contribution in [2.45, 2.75) is 53.9 Å². The number of esters is 1. The minimum atomic E-state index is -0.981. The Morgan fingerprint density at radius 2 is 1.83 bits per heavy atom. The van der Waals surface area contributed by atoms with E-state index in [4.69, 9.17) is 9.84 Å². The van der Waals surface area contributed by atoms with Gasteiger partial charge in [0.1, 0.15) is 0 Å². The summed E-state index contributed by atoms with van der Waals surface area (Å²) in [5.41, 5.74) is 1.03. The van der Waals surface area contributed by atoms with Crippen LogP contribution in [0.2, 0.25) is 0 Å². The Labute approximate surface area is 139 Å². The van der Waals surface area contributed by atoms with Gasteiger partial charge in [0, 0.05) is 17.1 Å². The third kappa shape index (κ3) is 2.96. The summed E-state index contributed by atoms with van der Waals surface area (Å²) in [4.78, 5) is 21.3. The molecule has 1 unspecified atom stereocenters. The summed E-state index contributed by atoms with van der Waals surface area (Å²) in [6.45, 7) is 18.6. The number of carboxylic acids is 1. The molecule has 2 bridgehead atoms. The van der Waals surface area contributed by atoms with E-state index in [0.717, 1.165) is 12.5 Å². The Hall–Kier alpha value is -1.58. The smallest absolute Gasteiger partial charge is 0.333 e. The van der Waals surface area contributed by atoms with E-state index in [1.807, 2.05) is 6.92 Å². The predicted molar refractivity (Wildman–Crippen MR) is 90.9 cm³/mol. The Balaban J connectivity index is 0.000000463. The van der Waals surface area contributed by atoms with E-state index in [1.54, 1.807) is 0 Å². The summed E-state index contributed by atoms with van der Waals surface area (Å²) in [7, 11) is 0. The minimum absolute atomic E-state index is 0.105. The van der Waals surface area contributed by atoms with Crippen molar-refractivity contribution in [2.75, 3.05) is 6.61 Å². The van der Waals surface area contributed by atoms with Gasteiger partial charge in [-0.25, -0.2) is 9.59 Å². The van der Waals surface area contributed by atoms with Gasteiger partial charge in [-0.15, -0.1) is 0 Å². The highest BCUT2D eigenvalue weighted by Gasteiger charge is 2.68. The fourth-order valence-electron chi connectivity index (χ4n) is 4.56. The maximum absolute atomic E-state index is 12.0. The van der Waals surface area contributed by atoms with Crippen molar-refractivity contribution in [2.24, 2.45) is 22.2 Å². The van der Waals surface area contributed by atoms with E-state index in [-0.39, 0.29) is 22.2 Å². The van der Waals surface area contributed by atoms with Crippen LogP contribution in [-0.2, 0) is 14.3 Å². The van der Waals surface area contributed by atoms with Gasteiger partial charge in [-0.1, -0.05) is 40.9 Å². The van der Waals surface area contributed by atoms with Crippen LogP contribution in [0.1, 0.15) is 53.9 Å². The molecule has 2 fully saturated rings. The number of carbonyl (C=O) groups excluding carboxylic acids is 1. The van der Waals surface area contributed by atoms with Crippen LogP contribution in [-0.4, -0.2) is 23.7 Å². The van der Waals surface area contributed by atoms with Crippen LogP contribution in [0, 0.1) is 22.2 Å². The van der Waals surface area contributed by atoms with E-state index in [1.165, 1.54) is 12.8 Å². The lowest BCUT2D eigenvalue weighted by Crippen LogP contribution is -2.42. The SMILES string of the molecule is C=C(C(=O)OCC)C1(C)C[C@H]2CC[C@@]1(C)C2(C)C.C=CC(=O)O. The second-order valence-electron chi connectivity index (χ2n) is 7.57. The molecule has 130 valence electrons. The van der Waals surface area contributed by atoms with Gasteiger partial charge >= 0.3 is 11.9 Å². The first-order chi connectivity index (χ1) is 10.5. The van der Waals surface area contributed by atoms with Crippen LogP contribution in [0.4, 0.5) is 0 Å². The summed E-state index contributed by atoms with van der Waals surface area (Å²) in [5, 5.41) is 7.60. The highest BCUT2D eigenvalue weighted by atomic mass is 16.5. The number of hydrogen-bond donors (Lipinski definition) is 1. The fourth-order valence-corrected chi connectivity index (χ4v) is 4.56. The molecular formula is C19H30O4. The number of carboxylic acid groups (broad SMARTS) is 1. The van der Waals surface area contributed by atoms with Crippen molar-refractivity contribution in [1.29, 1.82) is 0 Å². The molecule has 1 N–H and O–H groups in total. The lowest BCUT2D eigenvalue weighted by atomic mass is 9.57. The van der Waals surface area contributed by atoms with Crippen molar-refractivity contribution < 1.29 is 19.4 Å². The summed E-state index contributed by atoms with van der Waals surface area (Å²) in [5.74, 6) is -0.478. The number of fused-ring (bicyclic) bond motifs is 2. The maximum atomic E-state index is 12.0. The maximum Gasteiger partial charge on any atom is 0.333 e. The lowest BCUT2D eigenvalue weighted by Gasteiger charge is -2.47. The van der Waals surface area contributed by atoms with Crippen LogP contribution in [0.25, 0.3) is 0 Å². The first-order valence-corrected chi connectivity index (χ1v) is 8.19. The highest BCUT2D eigenvalue weighted by molar-refractivity contribution is 5.89. The summed E-state index contributed by atoms with van der Waals surface area (Å²) in [6.07, 6.45) is 4.39. The molecule has 0 aliphatic heterocycles. The zero-order valence-electron chi connectivity index (χ0n) is 15.1. The molecule has 2 rings (SSSR count). The number of aliphatic carboxylic acids is 1. The van der Waals surface area contributed by atoms with E-state index in [0.29, 0.717) is 18.1 Å². The summed E-state index contributed by atoms with van der Waals surface area (Å²) < 4.78 is 5.16. The molecule has 0 heterocycles. The normalized spacial score (nSPS) is 33.3. The van der Waals surface area contributed by atoms with Crippen molar-refractivity contribution in [1.82, 2.24) is 0 Å². The number of rotatable bonds is 4. The largest absolute Gasteiger partial charge is 0.478 e. The second kappa shape index (κ2) is 6.50. The molecule has 2 aliphatic carbocycles. The zero-order chi connectivity index (χ0) is 18.1. The minimum Gasteiger partial charge on any atom is -0.478 e. The van der Waals surface area contributed by atoms with Crippen LogP contribution in [0.15, 0.2) is 24.8 Å². The molecule has 0 saturated heterocycles. The van der Waals surface area contributed by atoms with Crippen molar-refractivity contribution >= 4 is 11.9 Å². The quantitative estimate of drug-likeness (QED) is 0.622. The standard InChI is InChI=1S/C16H26O2.C3H4O2/c1-7-18-13(17)11(2)15(5)10-12-8-9-16(15,6)14(12,3)4;1-2-3(4)5/h12H,2,7-10H2,1,3-6H3;2H,1H2,(H,4,5)/t12-,15?,16+;/m1./s1. The first-order valence-electron chi connectivity index (χ1n) is 8.19. The van der Waals surface area contributed by atoms with Crippen LogP contribution in [0.3, 0.4) is 0 Å². The van der Waals surface area contributed by atoms with Gasteiger partial charge in [0.2, 0.25) is 0 Å². The van der Waals surface area contributed by atoms with Crippen molar-refractivity contribution in [3.8, 4) is 0 Å². The fraction of sp³-hybridized carbons (Fsp3) is 0.684. The van der Waals surface area contributed by atoms with Crippen LogP contribution >= 0.6 is 0 Å². The van der Waals surface area contributed by atoms with Gasteiger partial charge in [0.05, 0.1) is 6.61 Å². The lowest BCUT2D eigenvalue weighted by molar-refractivity contribution is -0.141. The molecule has 0 aromatic carbocycles. The third-order valence-corrected chi connectivity index (χ3v) is 6.67. The summed E-state index contributed by atoms with van der Waals surface area (Å²) in [6, 6.07) is 0. The molecular weight excluding hydrogens is 292 g/mol. The van der Waals surface area contributed by atoms with E-state index in [2.05, 4.69) is 40.9 Å². The molecule has 0 amide bonds. The molecule has 4 heteroatoms. The average molecular weight is 322 g/mol. The number of ether oxygens (including phenoxy) is 1. The van der Waals surface area contributed by atoms with Crippen molar-refractivity contribution in [3.05, 3.63) is 24.8 Å². The Kier molecular flexibility index (Phi) is 5.50. The zero-order valence-corrected chi connectivity index (χ0v) is 15.1. The van der Waals surface area contributed by atoms with Crippen LogP contribution < -0.4 is 0 Å². The third-order valence-electron chi connectivity index (χ3n) is 6.67. The average Bonchev–Trinajstić information content (AvgIpc) is 2.79. The predicted octanol–water partition coefficient (Wildman–Crippen LogP) is 4.22. The Morgan fingerprint density at radius 3 is 2.13 bits per heavy atom. The van der Waals surface area contributed by atoms with Gasteiger partial charge in [-0.05, 0) is 42.9 Å². The Bertz CT molecular complexity index is 519. The molecule has 0 aromatic heterocycles. The Morgan fingerprint density at radius 1 is 1.30 bits per heavy atom. The molecule has 0 spiro atoms. The topological polar surface area (TPSA) is 63.6 Å².